The van der Waals surface area contributed by atoms with Crippen LogP contribution in [0.4, 0.5) is 0 Å². The van der Waals surface area contributed by atoms with Gasteiger partial charge in [-0.1, -0.05) is 39.0 Å². The average molecular weight is 218 g/mol. The molecule has 3 nitrogen and oxygen atoms in total. The van der Waals surface area contributed by atoms with E-state index in [2.05, 4.69) is 5.10 Å². The summed E-state index contributed by atoms with van der Waals surface area (Å²) in [6, 6.07) is 8.04. The fourth-order valence-electron chi connectivity index (χ4n) is 1.61. The van der Waals surface area contributed by atoms with Gasteiger partial charge in [0.1, 0.15) is 0 Å². The lowest BCUT2D eigenvalue weighted by molar-refractivity contribution is 0.0462. The number of hydrogen-bond donors (Lipinski definition) is 1. The summed E-state index contributed by atoms with van der Waals surface area (Å²) in [4.78, 5) is 0. The van der Waals surface area contributed by atoms with Crippen LogP contribution < -0.4 is 0 Å². The van der Waals surface area contributed by atoms with Crippen LogP contribution in [0.1, 0.15) is 20.8 Å². The Balaban J connectivity index is 2.28. The molecule has 0 saturated heterocycles. The van der Waals surface area contributed by atoms with Crippen molar-refractivity contribution in [3.8, 4) is 0 Å². The quantitative estimate of drug-likeness (QED) is 0.840. The monoisotopic (exact) mass is 218 g/mol. The SMILES string of the molecule is CC(C)(C)C(O)Cn1ncc2ccccc21. The number of nitrogens with zero attached hydrogens (tertiary/aromatic N) is 2. The summed E-state index contributed by atoms with van der Waals surface area (Å²) in [5.41, 5.74) is 0.957. The van der Waals surface area contributed by atoms with Gasteiger partial charge in [-0.25, -0.2) is 0 Å². The molecule has 1 atom stereocenters. The van der Waals surface area contributed by atoms with E-state index >= 15 is 0 Å². The Morgan fingerprint density at radius 1 is 1.31 bits per heavy atom. The third-order valence-electron chi connectivity index (χ3n) is 2.90. The third-order valence-corrected chi connectivity index (χ3v) is 2.90. The molecule has 3 heteroatoms. The highest BCUT2D eigenvalue weighted by Crippen LogP contribution is 2.22. The molecule has 1 aromatic carbocycles. The third kappa shape index (κ3) is 2.09. The molecule has 1 aromatic heterocycles. The zero-order chi connectivity index (χ0) is 11.8. The van der Waals surface area contributed by atoms with Crippen molar-refractivity contribution in [1.82, 2.24) is 9.78 Å². The Morgan fingerprint density at radius 3 is 2.69 bits per heavy atom. The first-order chi connectivity index (χ1) is 7.48. The highest BCUT2D eigenvalue weighted by molar-refractivity contribution is 5.78. The van der Waals surface area contributed by atoms with Gasteiger partial charge in [0, 0.05) is 5.39 Å². The lowest BCUT2D eigenvalue weighted by Crippen LogP contribution is -2.30. The molecular formula is C13H18N2O. The van der Waals surface area contributed by atoms with Gasteiger partial charge in [-0.2, -0.15) is 5.10 Å². The molecule has 0 fully saturated rings. The summed E-state index contributed by atoms with van der Waals surface area (Å²) in [5.74, 6) is 0. The van der Waals surface area contributed by atoms with Gasteiger partial charge in [0.2, 0.25) is 0 Å². The highest BCUT2D eigenvalue weighted by Gasteiger charge is 2.23. The lowest BCUT2D eigenvalue weighted by Gasteiger charge is -2.25. The Bertz CT molecular complexity index is 482. The molecule has 0 saturated carbocycles. The number of rotatable bonds is 2. The van der Waals surface area contributed by atoms with Gasteiger partial charge in [0.15, 0.2) is 0 Å². The van der Waals surface area contributed by atoms with Crippen LogP contribution in [-0.2, 0) is 6.54 Å². The van der Waals surface area contributed by atoms with Crippen molar-refractivity contribution < 1.29 is 5.11 Å². The predicted molar refractivity (Wildman–Crippen MR) is 65.2 cm³/mol. The zero-order valence-electron chi connectivity index (χ0n) is 10.0. The standard InChI is InChI=1S/C13H18N2O/c1-13(2,3)12(16)9-15-11-7-5-4-6-10(11)8-14-15/h4-8,12,16H,9H2,1-3H3. The molecule has 0 amide bonds. The Hall–Kier alpha value is -1.35. The van der Waals surface area contributed by atoms with Crippen LogP contribution in [0.2, 0.25) is 0 Å². The van der Waals surface area contributed by atoms with Crippen molar-refractivity contribution in [2.24, 2.45) is 5.41 Å². The Kier molecular flexibility index (Phi) is 2.72. The highest BCUT2D eigenvalue weighted by atomic mass is 16.3. The summed E-state index contributed by atoms with van der Waals surface area (Å²) in [7, 11) is 0. The van der Waals surface area contributed by atoms with Gasteiger partial charge < -0.3 is 5.11 Å². The molecule has 0 aliphatic rings. The summed E-state index contributed by atoms with van der Waals surface area (Å²) < 4.78 is 1.87. The summed E-state index contributed by atoms with van der Waals surface area (Å²) >= 11 is 0. The normalized spacial score (nSPS) is 14.2. The summed E-state index contributed by atoms with van der Waals surface area (Å²) in [5, 5.41) is 15.5. The first kappa shape index (κ1) is 11.1. The van der Waals surface area contributed by atoms with Crippen molar-refractivity contribution in [2.45, 2.75) is 33.4 Å². The van der Waals surface area contributed by atoms with Crippen molar-refractivity contribution in [1.29, 1.82) is 0 Å². The predicted octanol–water partition coefficient (Wildman–Crippen LogP) is 2.44. The van der Waals surface area contributed by atoms with E-state index < -0.39 is 6.10 Å². The molecule has 2 aromatic rings. The van der Waals surface area contributed by atoms with Crippen LogP contribution in [0.15, 0.2) is 30.5 Å². The Labute approximate surface area is 95.7 Å². The molecule has 0 bridgehead atoms. The molecule has 0 spiro atoms. The van der Waals surface area contributed by atoms with Crippen LogP contribution in [0.3, 0.4) is 0 Å². The molecule has 86 valence electrons. The van der Waals surface area contributed by atoms with E-state index in [0.717, 1.165) is 10.9 Å². The van der Waals surface area contributed by atoms with E-state index in [9.17, 15) is 5.11 Å². The fraction of sp³-hybridized carbons (Fsp3) is 0.462. The number of aromatic nitrogens is 2. The van der Waals surface area contributed by atoms with E-state index in [-0.39, 0.29) is 5.41 Å². The van der Waals surface area contributed by atoms with Crippen LogP contribution in [-0.4, -0.2) is 21.0 Å². The molecule has 16 heavy (non-hydrogen) atoms. The summed E-state index contributed by atoms with van der Waals surface area (Å²) in [6.45, 7) is 6.63. The first-order valence-electron chi connectivity index (χ1n) is 5.57. The van der Waals surface area contributed by atoms with Crippen LogP contribution in [0.5, 0.6) is 0 Å². The molecular weight excluding hydrogens is 200 g/mol. The summed E-state index contributed by atoms with van der Waals surface area (Å²) in [6.07, 6.45) is 1.45. The van der Waals surface area contributed by atoms with Crippen molar-refractivity contribution >= 4 is 10.9 Å². The van der Waals surface area contributed by atoms with E-state index in [1.807, 2.05) is 55.9 Å². The second kappa shape index (κ2) is 3.91. The molecule has 1 heterocycles. The molecule has 0 aliphatic heterocycles. The minimum atomic E-state index is -0.393. The second-order valence-corrected chi connectivity index (χ2v) is 5.27. The van der Waals surface area contributed by atoms with Gasteiger partial charge in [0.25, 0.3) is 0 Å². The molecule has 2 rings (SSSR count). The van der Waals surface area contributed by atoms with E-state index in [4.69, 9.17) is 0 Å². The van der Waals surface area contributed by atoms with Gasteiger partial charge in [-0.05, 0) is 11.5 Å². The van der Waals surface area contributed by atoms with E-state index in [1.54, 1.807) is 0 Å². The number of para-hydroxylation sites is 1. The van der Waals surface area contributed by atoms with Crippen molar-refractivity contribution in [3.63, 3.8) is 0 Å². The maximum absolute atomic E-state index is 10.1. The lowest BCUT2D eigenvalue weighted by atomic mass is 9.89. The van der Waals surface area contributed by atoms with Crippen LogP contribution in [0.25, 0.3) is 10.9 Å². The minimum Gasteiger partial charge on any atom is -0.391 e. The first-order valence-corrected chi connectivity index (χ1v) is 5.57. The average Bonchev–Trinajstić information content (AvgIpc) is 2.61. The van der Waals surface area contributed by atoms with Gasteiger partial charge in [-0.15, -0.1) is 0 Å². The molecule has 1 N–H and O–H groups in total. The van der Waals surface area contributed by atoms with Gasteiger partial charge in [0.05, 0.1) is 24.4 Å². The van der Waals surface area contributed by atoms with Gasteiger partial charge in [-0.3, -0.25) is 4.68 Å². The zero-order valence-corrected chi connectivity index (χ0v) is 10.0. The fourth-order valence-corrected chi connectivity index (χ4v) is 1.61. The molecule has 1 unspecified atom stereocenters. The molecule has 0 aliphatic carbocycles. The Morgan fingerprint density at radius 2 is 2.00 bits per heavy atom. The number of aliphatic hydroxyl groups excluding tert-OH is 1. The number of fused-ring (bicyclic) bond motifs is 1. The number of hydrogen-bond acceptors (Lipinski definition) is 2. The van der Waals surface area contributed by atoms with Crippen molar-refractivity contribution in [3.05, 3.63) is 30.5 Å². The molecule has 0 radical (unpaired) electrons. The smallest absolute Gasteiger partial charge is 0.0784 e. The minimum absolute atomic E-state index is 0.118. The maximum atomic E-state index is 10.1. The van der Waals surface area contributed by atoms with E-state index in [0.29, 0.717) is 6.54 Å². The maximum Gasteiger partial charge on any atom is 0.0784 e. The topological polar surface area (TPSA) is 38.0 Å². The van der Waals surface area contributed by atoms with Crippen LogP contribution in [0, 0.1) is 5.41 Å². The van der Waals surface area contributed by atoms with Gasteiger partial charge >= 0.3 is 0 Å². The number of benzene rings is 1. The van der Waals surface area contributed by atoms with E-state index in [1.165, 1.54) is 0 Å². The van der Waals surface area contributed by atoms with Crippen molar-refractivity contribution in [2.75, 3.05) is 0 Å². The van der Waals surface area contributed by atoms with Crippen LogP contribution >= 0.6 is 0 Å². The second-order valence-electron chi connectivity index (χ2n) is 5.27. The largest absolute Gasteiger partial charge is 0.391 e. The number of aliphatic hydroxyl groups is 1.